The second-order valence-electron chi connectivity index (χ2n) is 9.68. The second kappa shape index (κ2) is 11.3. The zero-order valence-electron chi connectivity index (χ0n) is 22.2. The zero-order valence-corrected chi connectivity index (χ0v) is 22.2. The molecule has 2 atom stereocenters. The van der Waals surface area contributed by atoms with Crippen LogP contribution in [0.5, 0.6) is 17.2 Å². The molecule has 2 unspecified atom stereocenters. The molecular formula is C29H36N2O6. The lowest BCUT2D eigenvalue weighted by Crippen LogP contribution is -2.32. The van der Waals surface area contributed by atoms with Crippen molar-refractivity contribution in [3.8, 4) is 17.2 Å². The minimum Gasteiger partial charge on any atom is -0.507 e. The predicted molar refractivity (Wildman–Crippen MR) is 141 cm³/mol. The number of carbonyl (C=O) groups is 2. The first-order chi connectivity index (χ1) is 17.7. The van der Waals surface area contributed by atoms with E-state index in [1.165, 1.54) is 0 Å². The van der Waals surface area contributed by atoms with E-state index in [0.29, 0.717) is 48.8 Å². The average Bonchev–Trinajstić information content (AvgIpc) is 3.35. The van der Waals surface area contributed by atoms with Crippen LogP contribution in [0.25, 0.3) is 5.76 Å². The van der Waals surface area contributed by atoms with Crippen LogP contribution in [0.2, 0.25) is 0 Å². The van der Waals surface area contributed by atoms with Crippen molar-refractivity contribution in [2.75, 3.05) is 40.4 Å². The van der Waals surface area contributed by atoms with E-state index in [1.807, 2.05) is 51.9 Å². The molecule has 1 fully saturated rings. The van der Waals surface area contributed by atoms with Gasteiger partial charge in [0.25, 0.3) is 11.7 Å². The van der Waals surface area contributed by atoms with Crippen LogP contribution in [0.3, 0.4) is 0 Å². The molecule has 198 valence electrons. The van der Waals surface area contributed by atoms with Crippen LogP contribution in [0.1, 0.15) is 49.9 Å². The number of nitrogens with zero attached hydrogens (tertiary/aromatic N) is 2. The molecule has 8 nitrogen and oxygen atoms in total. The van der Waals surface area contributed by atoms with E-state index in [4.69, 9.17) is 14.2 Å². The monoisotopic (exact) mass is 508 g/mol. The highest BCUT2D eigenvalue weighted by Gasteiger charge is 2.46. The van der Waals surface area contributed by atoms with Gasteiger partial charge in [0.1, 0.15) is 17.6 Å². The second-order valence-corrected chi connectivity index (χ2v) is 9.68. The van der Waals surface area contributed by atoms with Crippen LogP contribution in [0.4, 0.5) is 0 Å². The number of benzene rings is 2. The summed E-state index contributed by atoms with van der Waals surface area (Å²) in [5.74, 6) is 0.402. The summed E-state index contributed by atoms with van der Waals surface area (Å²) in [6.45, 7) is 7.80. The summed E-state index contributed by atoms with van der Waals surface area (Å²) in [6, 6.07) is 10.0. The number of hydrogen-bond acceptors (Lipinski definition) is 7. The van der Waals surface area contributed by atoms with Gasteiger partial charge in [-0.1, -0.05) is 6.07 Å². The normalized spacial score (nSPS) is 20.3. The number of ketones is 1. The third kappa shape index (κ3) is 5.44. The van der Waals surface area contributed by atoms with E-state index in [2.05, 4.69) is 0 Å². The maximum Gasteiger partial charge on any atom is 0.295 e. The minimum atomic E-state index is -0.750. The molecule has 0 saturated carbocycles. The summed E-state index contributed by atoms with van der Waals surface area (Å²) in [5, 5.41) is 11.5. The molecule has 0 aliphatic carbocycles. The molecule has 8 heteroatoms. The Morgan fingerprint density at radius 3 is 2.51 bits per heavy atom. The highest BCUT2D eigenvalue weighted by Crippen LogP contribution is 2.43. The topological polar surface area (TPSA) is 88.5 Å². The molecule has 0 spiro atoms. The van der Waals surface area contributed by atoms with Crippen molar-refractivity contribution in [1.29, 1.82) is 0 Å². The lowest BCUT2D eigenvalue weighted by molar-refractivity contribution is -0.139. The summed E-state index contributed by atoms with van der Waals surface area (Å²) in [7, 11) is 3.93. The quantitative estimate of drug-likeness (QED) is 0.293. The molecule has 2 aliphatic rings. The number of aliphatic hydroxyl groups excluding tert-OH is 1. The van der Waals surface area contributed by atoms with Gasteiger partial charge in [0.2, 0.25) is 0 Å². The molecule has 1 N–H and O–H groups in total. The van der Waals surface area contributed by atoms with Crippen LogP contribution in [0, 0.1) is 0 Å². The molecule has 0 aromatic heterocycles. The Morgan fingerprint density at radius 2 is 1.81 bits per heavy atom. The van der Waals surface area contributed by atoms with Gasteiger partial charge >= 0.3 is 0 Å². The number of hydrogen-bond donors (Lipinski definition) is 1. The van der Waals surface area contributed by atoms with Gasteiger partial charge in [0, 0.05) is 18.5 Å². The third-order valence-electron chi connectivity index (χ3n) is 6.60. The number of aliphatic hydroxyl groups is 1. The summed E-state index contributed by atoms with van der Waals surface area (Å²) in [5.41, 5.74) is 2.21. The number of likely N-dealkylation sites (tertiary alicyclic amines) is 1. The van der Waals surface area contributed by atoms with E-state index in [0.717, 1.165) is 24.3 Å². The Morgan fingerprint density at radius 1 is 1.08 bits per heavy atom. The number of amides is 1. The SMILES string of the molecule is CCOc1ccc(C2/C(=C(/O)c3ccc4c(c3)CC(C)O4)C(=O)C(=O)N2CCCN(C)C)cc1OCC. The summed E-state index contributed by atoms with van der Waals surface area (Å²) in [4.78, 5) is 30.2. The van der Waals surface area contributed by atoms with Crippen LogP contribution in [-0.2, 0) is 16.0 Å². The number of fused-ring (bicyclic) bond motifs is 1. The average molecular weight is 509 g/mol. The van der Waals surface area contributed by atoms with Gasteiger partial charge in [-0.05, 0) is 89.3 Å². The zero-order chi connectivity index (χ0) is 26.7. The Hall–Kier alpha value is -3.52. The van der Waals surface area contributed by atoms with Crippen molar-refractivity contribution in [2.45, 2.75) is 45.8 Å². The van der Waals surface area contributed by atoms with Gasteiger partial charge in [-0.2, -0.15) is 0 Å². The highest BCUT2D eigenvalue weighted by atomic mass is 16.5. The fraction of sp³-hybridized carbons (Fsp3) is 0.448. The van der Waals surface area contributed by atoms with Gasteiger partial charge in [0.05, 0.1) is 24.8 Å². The molecule has 4 rings (SSSR count). The van der Waals surface area contributed by atoms with Crippen molar-refractivity contribution in [2.24, 2.45) is 0 Å². The van der Waals surface area contributed by atoms with E-state index in [-0.39, 0.29) is 17.4 Å². The molecule has 2 aromatic carbocycles. The third-order valence-corrected chi connectivity index (χ3v) is 6.60. The molecule has 0 bridgehead atoms. The van der Waals surface area contributed by atoms with Gasteiger partial charge in [-0.3, -0.25) is 9.59 Å². The Bertz CT molecular complexity index is 1200. The van der Waals surface area contributed by atoms with Crippen LogP contribution in [0.15, 0.2) is 42.0 Å². The fourth-order valence-corrected chi connectivity index (χ4v) is 4.98. The van der Waals surface area contributed by atoms with E-state index >= 15 is 0 Å². The van der Waals surface area contributed by atoms with Crippen LogP contribution in [-0.4, -0.2) is 73.1 Å². The van der Waals surface area contributed by atoms with Gasteiger partial charge < -0.3 is 29.1 Å². The fourth-order valence-electron chi connectivity index (χ4n) is 4.98. The Kier molecular flexibility index (Phi) is 8.07. The van der Waals surface area contributed by atoms with E-state index < -0.39 is 17.7 Å². The molecule has 1 saturated heterocycles. The molecule has 37 heavy (non-hydrogen) atoms. The largest absolute Gasteiger partial charge is 0.507 e. The van der Waals surface area contributed by atoms with Gasteiger partial charge in [0.15, 0.2) is 11.5 Å². The number of ether oxygens (including phenoxy) is 3. The van der Waals surface area contributed by atoms with Crippen molar-refractivity contribution < 1.29 is 28.9 Å². The van der Waals surface area contributed by atoms with Gasteiger partial charge in [-0.15, -0.1) is 0 Å². The van der Waals surface area contributed by atoms with Crippen molar-refractivity contribution in [1.82, 2.24) is 9.80 Å². The van der Waals surface area contributed by atoms with Crippen molar-refractivity contribution >= 4 is 17.4 Å². The molecule has 2 heterocycles. The maximum atomic E-state index is 13.4. The summed E-state index contributed by atoms with van der Waals surface area (Å²) >= 11 is 0. The molecule has 1 amide bonds. The first-order valence-electron chi connectivity index (χ1n) is 12.9. The summed E-state index contributed by atoms with van der Waals surface area (Å²) < 4.78 is 17.3. The number of rotatable bonds is 10. The first kappa shape index (κ1) is 26.5. The Labute approximate surface area is 218 Å². The molecule has 0 radical (unpaired) electrons. The predicted octanol–water partition coefficient (Wildman–Crippen LogP) is 4.18. The standard InChI is InChI=1S/C29H36N2O6/c1-6-35-23-12-9-19(17-24(23)36-7-2)26-25(28(33)29(34)31(26)14-8-13-30(4)5)27(32)20-10-11-22-21(16-20)15-18(3)37-22/h9-12,16-18,26,32H,6-8,13-15H2,1-5H3/b27-25-. The van der Waals surface area contributed by atoms with Crippen molar-refractivity contribution in [3.63, 3.8) is 0 Å². The lowest BCUT2D eigenvalue weighted by atomic mass is 9.94. The number of Topliss-reactive ketones (excluding diaryl/α,β-unsaturated/α-hetero) is 1. The first-order valence-corrected chi connectivity index (χ1v) is 12.9. The smallest absolute Gasteiger partial charge is 0.295 e. The number of carbonyl (C=O) groups excluding carboxylic acids is 2. The highest BCUT2D eigenvalue weighted by molar-refractivity contribution is 6.46. The lowest BCUT2D eigenvalue weighted by Gasteiger charge is -2.26. The van der Waals surface area contributed by atoms with E-state index in [9.17, 15) is 14.7 Å². The Balaban J connectivity index is 1.81. The maximum absolute atomic E-state index is 13.4. The van der Waals surface area contributed by atoms with E-state index in [1.54, 1.807) is 29.2 Å². The molecule has 2 aliphatic heterocycles. The minimum absolute atomic E-state index is 0.0514. The van der Waals surface area contributed by atoms with Crippen LogP contribution < -0.4 is 14.2 Å². The molecule has 2 aromatic rings. The molecular weight excluding hydrogens is 472 g/mol. The van der Waals surface area contributed by atoms with Gasteiger partial charge in [-0.25, -0.2) is 0 Å². The summed E-state index contributed by atoms with van der Waals surface area (Å²) in [6.07, 6.45) is 1.45. The van der Waals surface area contributed by atoms with Crippen LogP contribution >= 0.6 is 0 Å². The van der Waals surface area contributed by atoms with Crippen molar-refractivity contribution in [3.05, 3.63) is 58.7 Å².